The standard InChI is InChI=1S/C15H16N4O/c1-9-7-13(10(2)19-18-9)15(20)17-12-3-4-14-11(8-12)5-6-16-14/h3-4,7-8,16H,5-6H2,1-2H3,(H,17,20). The van der Waals surface area contributed by atoms with Gasteiger partial charge in [0.2, 0.25) is 0 Å². The summed E-state index contributed by atoms with van der Waals surface area (Å²) in [5, 5.41) is 14.1. The van der Waals surface area contributed by atoms with E-state index in [9.17, 15) is 4.79 Å². The van der Waals surface area contributed by atoms with E-state index in [1.54, 1.807) is 13.0 Å². The van der Waals surface area contributed by atoms with E-state index in [4.69, 9.17) is 0 Å². The Balaban J connectivity index is 1.84. The van der Waals surface area contributed by atoms with Crippen LogP contribution in [0.5, 0.6) is 0 Å². The molecule has 0 bridgehead atoms. The number of carbonyl (C=O) groups is 1. The molecule has 0 saturated carbocycles. The topological polar surface area (TPSA) is 66.9 Å². The van der Waals surface area contributed by atoms with Crippen LogP contribution in [-0.2, 0) is 6.42 Å². The van der Waals surface area contributed by atoms with E-state index in [0.717, 1.165) is 30.0 Å². The quantitative estimate of drug-likeness (QED) is 0.877. The van der Waals surface area contributed by atoms with Gasteiger partial charge < -0.3 is 10.6 Å². The number of hydrogen-bond acceptors (Lipinski definition) is 4. The molecule has 2 N–H and O–H groups in total. The van der Waals surface area contributed by atoms with E-state index in [1.807, 2.05) is 25.1 Å². The molecule has 5 nitrogen and oxygen atoms in total. The third kappa shape index (κ3) is 2.34. The molecular weight excluding hydrogens is 252 g/mol. The Morgan fingerprint density at radius 3 is 2.95 bits per heavy atom. The van der Waals surface area contributed by atoms with Crippen molar-refractivity contribution in [1.29, 1.82) is 0 Å². The van der Waals surface area contributed by atoms with Crippen LogP contribution >= 0.6 is 0 Å². The number of aryl methyl sites for hydroxylation is 2. The minimum atomic E-state index is -0.147. The monoisotopic (exact) mass is 268 g/mol. The van der Waals surface area contributed by atoms with Crippen LogP contribution in [0.15, 0.2) is 24.3 Å². The smallest absolute Gasteiger partial charge is 0.257 e. The molecule has 0 fully saturated rings. The van der Waals surface area contributed by atoms with Crippen LogP contribution in [0.1, 0.15) is 27.3 Å². The average Bonchev–Trinajstić information content (AvgIpc) is 2.89. The van der Waals surface area contributed by atoms with Crippen molar-refractivity contribution in [3.63, 3.8) is 0 Å². The second kappa shape index (κ2) is 4.92. The van der Waals surface area contributed by atoms with Crippen LogP contribution in [0.4, 0.5) is 11.4 Å². The van der Waals surface area contributed by atoms with Crippen molar-refractivity contribution in [2.45, 2.75) is 20.3 Å². The molecule has 5 heteroatoms. The van der Waals surface area contributed by atoms with Gasteiger partial charge in [-0.3, -0.25) is 4.79 Å². The van der Waals surface area contributed by atoms with Gasteiger partial charge in [-0.1, -0.05) is 0 Å². The number of anilines is 2. The van der Waals surface area contributed by atoms with E-state index in [2.05, 4.69) is 20.8 Å². The summed E-state index contributed by atoms with van der Waals surface area (Å²) in [4.78, 5) is 12.3. The Bertz CT molecular complexity index is 682. The van der Waals surface area contributed by atoms with Gasteiger partial charge in [0.15, 0.2) is 0 Å². The minimum absolute atomic E-state index is 0.147. The molecular formula is C15H16N4O. The minimum Gasteiger partial charge on any atom is -0.384 e. The zero-order valence-electron chi connectivity index (χ0n) is 11.5. The predicted octanol–water partition coefficient (Wildman–Crippen LogP) is 2.31. The first kappa shape index (κ1) is 12.6. The van der Waals surface area contributed by atoms with E-state index in [-0.39, 0.29) is 5.91 Å². The van der Waals surface area contributed by atoms with E-state index < -0.39 is 0 Å². The lowest BCUT2D eigenvalue weighted by Crippen LogP contribution is -2.15. The van der Waals surface area contributed by atoms with Crippen molar-refractivity contribution in [3.05, 3.63) is 46.8 Å². The van der Waals surface area contributed by atoms with Gasteiger partial charge in [0.25, 0.3) is 5.91 Å². The molecule has 0 saturated heterocycles. The summed E-state index contributed by atoms with van der Waals surface area (Å²) in [5.41, 5.74) is 5.14. The van der Waals surface area contributed by atoms with Crippen LogP contribution < -0.4 is 10.6 Å². The fraction of sp³-hybridized carbons (Fsp3) is 0.267. The van der Waals surface area contributed by atoms with E-state index in [1.165, 1.54) is 5.56 Å². The van der Waals surface area contributed by atoms with Crippen molar-refractivity contribution in [2.75, 3.05) is 17.2 Å². The number of nitrogens with zero attached hydrogens (tertiary/aromatic N) is 2. The Morgan fingerprint density at radius 1 is 1.25 bits per heavy atom. The highest BCUT2D eigenvalue weighted by Gasteiger charge is 2.14. The number of hydrogen-bond donors (Lipinski definition) is 2. The fourth-order valence-corrected chi connectivity index (χ4v) is 2.36. The normalized spacial score (nSPS) is 12.7. The number of rotatable bonds is 2. The maximum atomic E-state index is 12.3. The third-order valence-electron chi connectivity index (χ3n) is 3.42. The lowest BCUT2D eigenvalue weighted by Gasteiger charge is -2.09. The first-order valence-electron chi connectivity index (χ1n) is 6.62. The summed E-state index contributed by atoms with van der Waals surface area (Å²) >= 11 is 0. The molecule has 1 aromatic carbocycles. The molecule has 3 rings (SSSR count). The molecule has 0 radical (unpaired) electrons. The van der Waals surface area contributed by atoms with Crippen molar-refractivity contribution in [1.82, 2.24) is 10.2 Å². The Kier molecular flexibility index (Phi) is 3.10. The molecule has 20 heavy (non-hydrogen) atoms. The SMILES string of the molecule is Cc1cc(C(=O)Nc2ccc3c(c2)CCN3)c(C)nn1. The summed E-state index contributed by atoms with van der Waals surface area (Å²) in [6, 6.07) is 7.68. The summed E-state index contributed by atoms with van der Waals surface area (Å²) in [6.45, 7) is 4.57. The second-order valence-electron chi connectivity index (χ2n) is 4.99. The van der Waals surface area contributed by atoms with Crippen molar-refractivity contribution < 1.29 is 4.79 Å². The van der Waals surface area contributed by atoms with Gasteiger partial charge in [0.1, 0.15) is 0 Å². The van der Waals surface area contributed by atoms with Crippen molar-refractivity contribution in [3.8, 4) is 0 Å². The Labute approximate surface area is 117 Å². The molecule has 1 aliphatic heterocycles. The molecule has 1 aliphatic rings. The van der Waals surface area contributed by atoms with Crippen LogP contribution in [0, 0.1) is 13.8 Å². The lowest BCUT2D eigenvalue weighted by atomic mass is 10.1. The number of amides is 1. The van der Waals surface area contributed by atoms with Crippen LogP contribution in [0.2, 0.25) is 0 Å². The van der Waals surface area contributed by atoms with Gasteiger partial charge in [0, 0.05) is 17.9 Å². The van der Waals surface area contributed by atoms with Crippen LogP contribution in [0.25, 0.3) is 0 Å². The van der Waals surface area contributed by atoms with Gasteiger partial charge >= 0.3 is 0 Å². The molecule has 0 aliphatic carbocycles. The number of nitrogens with one attached hydrogen (secondary N) is 2. The number of aromatic nitrogens is 2. The summed E-state index contributed by atoms with van der Waals surface area (Å²) in [7, 11) is 0. The largest absolute Gasteiger partial charge is 0.384 e. The molecule has 2 heterocycles. The molecule has 1 amide bonds. The predicted molar refractivity (Wildman–Crippen MR) is 78.1 cm³/mol. The fourth-order valence-electron chi connectivity index (χ4n) is 2.36. The van der Waals surface area contributed by atoms with Crippen molar-refractivity contribution in [2.24, 2.45) is 0 Å². The summed E-state index contributed by atoms with van der Waals surface area (Å²) < 4.78 is 0. The number of benzene rings is 1. The van der Waals surface area contributed by atoms with Crippen molar-refractivity contribution >= 4 is 17.3 Å². The molecule has 102 valence electrons. The molecule has 0 unspecified atom stereocenters. The van der Waals surface area contributed by atoms with Crippen LogP contribution in [0.3, 0.4) is 0 Å². The zero-order chi connectivity index (χ0) is 14.1. The number of fused-ring (bicyclic) bond motifs is 1. The molecule has 0 spiro atoms. The first-order valence-corrected chi connectivity index (χ1v) is 6.62. The van der Waals surface area contributed by atoms with Gasteiger partial charge in [-0.2, -0.15) is 10.2 Å². The third-order valence-corrected chi connectivity index (χ3v) is 3.42. The molecule has 0 atom stereocenters. The van der Waals surface area contributed by atoms with E-state index in [0.29, 0.717) is 11.3 Å². The highest BCUT2D eigenvalue weighted by molar-refractivity contribution is 6.05. The van der Waals surface area contributed by atoms with Gasteiger partial charge in [-0.05, 0) is 50.1 Å². The summed E-state index contributed by atoms with van der Waals surface area (Å²) in [5.74, 6) is -0.147. The average molecular weight is 268 g/mol. The second-order valence-corrected chi connectivity index (χ2v) is 4.99. The van der Waals surface area contributed by atoms with E-state index >= 15 is 0 Å². The maximum Gasteiger partial charge on any atom is 0.257 e. The highest BCUT2D eigenvalue weighted by atomic mass is 16.1. The molecule has 1 aromatic heterocycles. The highest BCUT2D eigenvalue weighted by Crippen LogP contribution is 2.25. The van der Waals surface area contributed by atoms with Crippen LogP contribution in [-0.4, -0.2) is 22.6 Å². The van der Waals surface area contributed by atoms with Gasteiger partial charge in [-0.25, -0.2) is 0 Å². The Morgan fingerprint density at radius 2 is 2.10 bits per heavy atom. The summed E-state index contributed by atoms with van der Waals surface area (Å²) in [6.07, 6.45) is 0.994. The Hall–Kier alpha value is -2.43. The zero-order valence-corrected chi connectivity index (χ0v) is 11.5. The molecule has 2 aromatic rings. The van der Waals surface area contributed by atoms with Gasteiger partial charge in [-0.15, -0.1) is 0 Å². The first-order chi connectivity index (χ1) is 9.63. The van der Waals surface area contributed by atoms with Gasteiger partial charge in [0.05, 0.1) is 17.0 Å². The lowest BCUT2D eigenvalue weighted by molar-refractivity contribution is 0.102. The number of carbonyl (C=O) groups excluding carboxylic acids is 1. The maximum absolute atomic E-state index is 12.3.